The Morgan fingerprint density at radius 1 is 1.25 bits per heavy atom. The molecule has 120 valence electrons. The van der Waals surface area contributed by atoms with Crippen molar-refractivity contribution >= 4 is 28.4 Å². The summed E-state index contributed by atoms with van der Waals surface area (Å²) in [5.41, 5.74) is 1.15. The van der Waals surface area contributed by atoms with Gasteiger partial charge in [-0.2, -0.15) is 0 Å². The van der Waals surface area contributed by atoms with Crippen LogP contribution in [0.1, 0.15) is 29.0 Å². The van der Waals surface area contributed by atoms with Gasteiger partial charge in [-0.25, -0.2) is 4.98 Å². The largest absolute Gasteiger partial charge is 0.347 e. The van der Waals surface area contributed by atoms with Crippen molar-refractivity contribution in [3.63, 3.8) is 0 Å². The van der Waals surface area contributed by atoms with Crippen molar-refractivity contribution < 1.29 is 4.79 Å². The molecule has 2 saturated heterocycles. The van der Waals surface area contributed by atoms with Crippen molar-refractivity contribution in [2.75, 3.05) is 6.54 Å². The number of nitrogens with one attached hydrogen (secondary N) is 1. The Labute approximate surface area is 143 Å². The molecule has 3 aromatic rings. The summed E-state index contributed by atoms with van der Waals surface area (Å²) in [6, 6.07) is 7.26. The number of rotatable bonds is 2. The van der Waals surface area contributed by atoms with Gasteiger partial charge in [0, 0.05) is 35.5 Å². The van der Waals surface area contributed by atoms with E-state index in [0.29, 0.717) is 16.5 Å². The molecule has 0 unspecified atom stereocenters. The van der Waals surface area contributed by atoms with Crippen molar-refractivity contribution in [3.8, 4) is 0 Å². The van der Waals surface area contributed by atoms with Crippen LogP contribution in [0, 0.1) is 5.92 Å². The normalized spacial score (nSPS) is 25.0. The first-order valence-electron chi connectivity index (χ1n) is 8.03. The highest BCUT2D eigenvalue weighted by Crippen LogP contribution is 2.56. The van der Waals surface area contributed by atoms with E-state index in [1.54, 1.807) is 30.6 Å². The van der Waals surface area contributed by atoms with Crippen LogP contribution in [0.4, 0.5) is 0 Å². The summed E-state index contributed by atoms with van der Waals surface area (Å²) in [6.45, 7) is 0.789. The number of hydrogen-bond acceptors (Lipinski definition) is 3. The highest BCUT2D eigenvalue weighted by atomic mass is 35.5. The summed E-state index contributed by atoms with van der Waals surface area (Å²) >= 11 is 6.05. The van der Waals surface area contributed by atoms with E-state index in [1.807, 2.05) is 17.2 Å². The van der Waals surface area contributed by atoms with Crippen LogP contribution in [0.2, 0.25) is 5.02 Å². The lowest BCUT2D eigenvalue weighted by Crippen LogP contribution is -2.46. The fraction of sp³-hybridized carbons (Fsp3) is 0.278. The fourth-order valence-corrected chi connectivity index (χ4v) is 4.42. The zero-order valence-corrected chi connectivity index (χ0v) is 13.6. The number of nitrogens with zero attached hydrogens (tertiary/aromatic N) is 3. The predicted molar refractivity (Wildman–Crippen MR) is 90.8 cm³/mol. The number of carbonyl (C=O) groups is 1. The molecule has 1 saturated carbocycles. The minimum atomic E-state index is -0.271. The molecule has 2 aromatic heterocycles. The van der Waals surface area contributed by atoms with E-state index in [0.717, 1.165) is 36.1 Å². The van der Waals surface area contributed by atoms with Crippen LogP contribution in [0.3, 0.4) is 0 Å². The second kappa shape index (κ2) is 4.80. The maximum absolute atomic E-state index is 13.3. The lowest BCUT2D eigenvalue weighted by atomic mass is 9.72. The van der Waals surface area contributed by atoms with Crippen LogP contribution in [0.25, 0.3) is 10.9 Å². The number of benzene rings is 1. The average Bonchev–Trinajstić information content (AvgIpc) is 3.26. The molecule has 6 heteroatoms. The third kappa shape index (κ3) is 1.79. The summed E-state index contributed by atoms with van der Waals surface area (Å²) in [7, 11) is 0. The van der Waals surface area contributed by atoms with Gasteiger partial charge in [-0.3, -0.25) is 9.78 Å². The van der Waals surface area contributed by atoms with Crippen LogP contribution in [-0.4, -0.2) is 32.3 Å². The summed E-state index contributed by atoms with van der Waals surface area (Å²) < 4.78 is 0. The van der Waals surface area contributed by atoms with Crippen molar-refractivity contribution in [2.45, 2.75) is 18.4 Å². The standard InChI is InChI=1S/C18H15ClN4O/c19-12-1-2-13-14(3-4-20-15(13)7-12)16(24)23-10-11-8-18(23,9-11)17-21-5-6-22-17/h1-7,11H,8-10H2,(H,21,22). The van der Waals surface area contributed by atoms with Gasteiger partial charge in [-0.05, 0) is 37.0 Å². The highest BCUT2D eigenvalue weighted by Gasteiger charge is 2.60. The summed E-state index contributed by atoms with van der Waals surface area (Å²) in [4.78, 5) is 27.3. The maximum atomic E-state index is 13.3. The second-order valence-corrected chi connectivity index (χ2v) is 7.12. The monoisotopic (exact) mass is 338 g/mol. The van der Waals surface area contributed by atoms with Gasteiger partial charge in [0.15, 0.2) is 0 Å². The zero-order chi connectivity index (χ0) is 16.3. The van der Waals surface area contributed by atoms with Crippen molar-refractivity contribution in [3.05, 3.63) is 59.3 Å². The van der Waals surface area contributed by atoms with Gasteiger partial charge in [0.25, 0.3) is 5.91 Å². The Morgan fingerprint density at radius 2 is 2.12 bits per heavy atom. The SMILES string of the molecule is O=C(c1ccnc2cc(Cl)ccc12)N1CC2CC1(c1ncc[nH]1)C2. The van der Waals surface area contributed by atoms with E-state index in [2.05, 4.69) is 15.0 Å². The third-order valence-corrected chi connectivity index (χ3v) is 5.56. The molecule has 5 nitrogen and oxygen atoms in total. The highest BCUT2D eigenvalue weighted by molar-refractivity contribution is 6.31. The number of imidazole rings is 1. The summed E-state index contributed by atoms with van der Waals surface area (Å²) in [5, 5.41) is 1.46. The van der Waals surface area contributed by atoms with E-state index in [-0.39, 0.29) is 11.4 Å². The number of pyridine rings is 1. The van der Waals surface area contributed by atoms with Crippen LogP contribution < -0.4 is 0 Å². The van der Waals surface area contributed by atoms with E-state index >= 15 is 0 Å². The van der Waals surface area contributed by atoms with Gasteiger partial charge >= 0.3 is 0 Å². The van der Waals surface area contributed by atoms with Crippen LogP contribution in [-0.2, 0) is 5.54 Å². The minimum Gasteiger partial charge on any atom is -0.347 e. The molecule has 24 heavy (non-hydrogen) atoms. The third-order valence-electron chi connectivity index (χ3n) is 5.33. The number of aromatic nitrogens is 3. The number of H-pyrrole nitrogens is 1. The molecule has 1 aliphatic carbocycles. The first-order chi connectivity index (χ1) is 11.7. The number of aromatic amines is 1. The molecule has 0 spiro atoms. The Morgan fingerprint density at radius 3 is 2.92 bits per heavy atom. The zero-order valence-electron chi connectivity index (χ0n) is 12.9. The molecular formula is C18H15ClN4O. The van der Waals surface area contributed by atoms with Gasteiger partial charge in [-0.15, -0.1) is 0 Å². The van der Waals surface area contributed by atoms with Crippen molar-refractivity contribution in [2.24, 2.45) is 5.92 Å². The number of halogens is 1. The molecular weight excluding hydrogens is 324 g/mol. The fourth-order valence-electron chi connectivity index (χ4n) is 4.25. The Hall–Kier alpha value is -2.40. The summed E-state index contributed by atoms with van der Waals surface area (Å²) in [6.07, 6.45) is 7.22. The molecule has 1 aromatic carbocycles. The smallest absolute Gasteiger partial charge is 0.255 e. The van der Waals surface area contributed by atoms with Crippen molar-refractivity contribution in [1.82, 2.24) is 19.9 Å². The van der Waals surface area contributed by atoms with E-state index in [4.69, 9.17) is 11.6 Å². The summed E-state index contributed by atoms with van der Waals surface area (Å²) in [5.74, 6) is 1.51. The molecule has 6 rings (SSSR count). The molecule has 1 amide bonds. The molecule has 4 heterocycles. The molecule has 3 aliphatic rings. The van der Waals surface area contributed by atoms with Gasteiger partial charge < -0.3 is 9.88 Å². The first-order valence-corrected chi connectivity index (χ1v) is 8.41. The van der Waals surface area contributed by atoms with Gasteiger partial charge in [0.05, 0.1) is 11.1 Å². The minimum absolute atomic E-state index is 0.0427. The molecule has 0 radical (unpaired) electrons. The van der Waals surface area contributed by atoms with Crippen LogP contribution in [0.5, 0.6) is 0 Å². The molecule has 2 bridgehead atoms. The lowest BCUT2D eigenvalue weighted by Gasteiger charge is -2.40. The lowest BCUT2D eigenvalue weighted by molar-refractivity contribution is 0.0530. The van der Waals surface area contributed by atoms with Crippen LogP contribution in [0.15, 0.2) is 42.9 Å². The van der Waals surface area contributed by atoms with E-state index < -0.39 is 0 Å². The van der Waals surface area contributed by atoms with Gasteiger partial charge in [-0.1, -0.05) is 17.7 Å². The maximum Gasteiger partial charge on any atom is 0.255 e. The molecule has 3 fully saturated rings. The Balaban J connectivity index is 1.60. The number of hydrogen-bond donors (Lipinski definition) is 1. The second-order valence-electron chi connectivity index (χ2n) is 6.68. The molecule has 0 atom stereocenters. The number of carbonyl (C=O) groups excluding carboxylic acids is 1. The molecule has 2 aliphatic heterocycles. The van der Waals surface area contributed by atoms with E-state index in [1.165, 1.54) is 0 Å². The molecule has 1 N–H and O–H groups in total. The Kier molecular flexibility index (Phi) is 2.80. The first kappa shape index (κ1) is 14.0. The Bertz CT molecular complexity index is 947. The van der Waals surface area contributed by atoms with E-state index in [9.17, 15) is 4.79 Å². The number of fused-ring (bicyclic) bond motifs is 2. The topological polar surface area (TPSA) is 61.9 Å². The van der Waals surface area contributed by atoms with Gasteiger partial charge in [0.1, 0.15) is 11.4 Å². The quantitative estimate of drug-likeness (QED) is 0.779. The van der Waals surface area contributed by atoms with Crippen molar-refractivity contribution in [1.29, 1.82) is 0 Å². The average molecular weight is 339 g/mol. The predicted octanol–water partition coefficient (Wildman–Crippen LogP) is 3.37. The van der Waals surface area contributed by atoms with Crippen LogP contribution >= 0.6 is 11.6 Å². The number of amides is 1. The van der Waals surface area contributed by atoms with Gasteiger partial charge in [0.2, 0.25) is 0 Å².